The van der Waals surface area contributed by atoms with Crippen molar-refractivity contribution in [3.8, 4) is 6.07 Å². The molecule has 0 spiro atoms. The quantitative estimate of drug-likeness (QED) is 0.888. The molecule has 0 saturated carbocycles. The molecule has 1 aromatic rings. The Balaban J connectivity index is 3.00. The molecule has 0 aliphatic carbocycles. The van der Waals surface area contributed by atoms with Crippen LogP contribution in [0.2, 0.25) is 0 Å². The molecule has 0 radical (unpaired) electrons. The third-order valence-electron chi connectivity index (χ3n) is 1.97. The molecule has 1 rings (SSSR count). The van der Waals surface area contributed by atoms with Crippen molar-refractivity contribution in [2.75, 3.05) is 13.6 Å². The predicted octanol–water partition coefficient (Wildman–Crippen LogP) is 1.01. The molecule has 94 valence electrons. The summed E-state index contributed by atoms with van der Waals surface area (Å²) in [5, 5.41) is 18.2. The normalized spacial score (nSPS) is 12.7. The first-order valence-electron chi connectivity index (χ1n) is 4.85. The van der Waals surface area contributed by atoms with Gasteiger partial charge >= 0.3 is 0 Å². The van der Waals surface area contributed by atoms with E-state index in [1.807, 2.05) is 6.07 Å². The summed E-state index contributed by atoms with van der Waals surface area (Å²) in [4.78, 5) is 0.347. The molecule has 5 nitrogen and oxygen atoms in total. The van der Waals surface area contributed by atoms with Crippen molar-refractivity contribution >= 4 is 21.4 Å². The highest BCUT2D eigenvalue weighted by Gasteiger charge is 2.27. The minimum atomic E-state index is -3.62. The van der Waals surface area contributed by atoms with Crippen LogP contribution >= 0.6 is 11.3 Å². The molecule has 0 bridgehead atoms. The van der Waals surface area contributed by atoms with Crippen LogP contribution in [0.4, 0.5) is 0 Å². The summed E-state index contributed by atoms with van der Waals surface area (Å²) in [5.41, 5.74) is -1.10. The van der Waals surface area contributed by atoms with Crippen LogP contribution in [0, 0.1) is 11.3 Å². The van der Waals surface area contributed by atoms with E-state index < -0.39 is 15.6 Å². The summed E-state index contributed by atoms with van der Waals surface area (Å²) < 4.78 is 25.3. The highest BCUT2D eigenvalue weighted by Crippen LogP contribution is 2.24. The molecule has 17 heavy (non-hydrogen) atoms. The van der Waals surface area contributed by atoms with Gasteiger partial charge in [0.1, 0.15) is 15.2 Å². The van der Waals surface area contributed by atoms with Gasteiger partial charge in [0.15, 0.2) is 0 Å². The number of hydrogen-bond donors (Lipinski definition) is 1. The summed E-state index contributed by atoms with van der Waals surface area (Å²) in [6.45, 7) is 3.07. The van der Waals surface area contributed by atoms with Crippen LogP contribution in [-0.4, -0.2) is 37.0 Å². The summed E-state index contributed by atoms with van der Waals surface area (Å²) in [6.07, 6.45) is 0. The maximum absolute atomic E-state index is 12.1. The number of nitriles is 1. The number of thiophene rings is 1. The fourth-order valence-corrected chi connectivity index (χ4v) is 3.94. The Morgan fingerprint density at radius 3 is 2.53 bits per heavy atom. The lowest BCUT2D eigenvalue weighted by molar-refractivity contribution is 0.0640. The standard InChI is InChI=1S/C10H14N2O3S2/c1-10(2,13)7-12(3)17(14,15)9-5-4-8(6-11)16-9/h4-5,13H,7H2,1-3H3. The highest BCUT2D eigenvalue weighted by molar-refractivity contribution is 7.91. The Hall–Kier alpha value is -0.940. The molecule has 0 saturated heterocycles. The van der Waals surface area contributed by atoms with Crippen LogP contribution in [0.5, 0.6) is 0 Å². The lowest BCUT2D eigenvalue weighted by Gasteiger charge is -2.24. The molecule has 0 aliphatic rings. The van der Waals surface area contributed by atoms with Crippen molar-refractivity contribution in [2.45, 2.75) is 23.7 Å². The molecule has 0 aromatic carbocycles. The van der Waals surface area contributed by atoms with Crippen molar-refractivity contribution < 1.29 is 13.5 Å². The van der Waals surface area contributed by atoms with Crippen molar-refractivity contribution in [3.05, 3.63) is 17.0 Å². The third-order valence-corrected chi connectivity index (χ3v) is 5.23. The van der Waals surface area contributed by atoms with E-state index in [2.05, 4.69) is 0 Å². The van der Waals surface area contributed by atoms with Crippen LogP contribution in [0.3, 0.4) is 0 Å². The zero-order valence-corrected chi connectivity index (χ0v) is 11.5. The van der Waals surface area contributed by atoms with Crippen LogP contribution in [0.15, 0.2) is 16.3 Å². The molecule has 0 fully saturated rings. The average Bonchev–Trinajstić information content (AvgIpc) is 2.63. The van der Waals surface area contributed by atoms with E-state index in [-0.39, 0.29) is 10.8 Å². The first-order valence-corrected chi connectivity index (χ1v) is 7.11. The number of sulfonamides is 1. The maximum Gasteiger partial charge on any atom is 0.252 e. The number of aliphatic hydroxyl groups is 1. The summed E-state index contributed by atoms with van der Waals surface area (Å²) >= 11 is 0.922. The lowest BCUT2D eigenvalue weighted by atomic mass is 10.1. The monoisotopic (exact) mass is 274 g/mol. The Morgan fingerprint density at radius 1 is 1.53 bits per heavy atom. The fourth-order valence-electron chi connectivity index (χ4n) is 1.30. The fraction of sp³-hybridized carbons (Fsp3) is 0.500. The summed E-state index contributed by atoms with van der Waals surface area (Å²) in [5.74, 6) is 0. The van der Waals surface area contributed by atoms with Crippen LogP contribution < -0.4 is 0 Å². The molecule has 1 N–H and O–H groups in total. The number of hydrogen-bond acceptors (Lipinski definition) is 5. The zero-order chi connectivity index (χ0) is 13.3. The largest absolute Gasteiger partial charge is 0.389 e. The highest BCUT2D eigenvalue weighted by atomic mass is 32.2. The van der Waals surface area contributed by atoms with Gasteiger partial charge in [0.2, 0.25) is 0 Å². The van der Waals surface area contributed by atoms with Gasteiger partial charge in [-0.15, -0.1) is 11.3 Å². The van der Waals surface area contributed by atoms with Gasteiger partial charge < -0.3 is 5.11 Å². The first-order chi connectivity index (χ1) is 7.66. The lowest BCUT2D eigenvalue weighted by Crippen LogP contribution is -2.39. The van der Waals surface area contributed by atoms with Crippen LogP contribution in [-0.2, 0) is 10.0 Å². The molecular formula is C10H14N2O3S2. The summed E-state index contributed by atoms with van der Waals surface area (Å²) in [6, 6.07) is 4.76. The molecule has 1 heterocycles. The van der Waals surface area contributed by atoms with Gasteiger partial charge in [-0.2, -0.15) is 9.57 Å². The number of nitrogens with zero attached hydrogens (tertiary/aromatic N) is 2. The zero-order valence-electron chi connectivity index (χ0n) is 9.84. The second kappa shape index (κ2) is 4.74. The van der Waals surface area contributed by atoms with Gasteiger partial charge in [-0.3, -0.25) is 0 Å². The Bertz CT molecular complexity index is 535. The SMILES string of the molecule is CN(CC(C)(C)O)S(=O)(=O)c1ccc(C#N)s1. The van der Waals surface area contributed by atoms with Crippen LogP contribution in [0.25, 0.3) is 0 Å². The van der Waals surface area contributed by atoms with E-state index in [0.29, 0.717) is 4.88 Å². The van der Waals surface area contributed by atoms with Crippen molar-refractivity contribution in [1.29, 1.82) is 5.26 Å². The van der Waals surface area contributed by atoms with Gasteiger partial charge in [0, 0.05) is 13.6 Å². The van der Waals surface area contributed by atoms with Gasteiger partial charge in [0.05, 0.1) is 5.60 Å². The smallest absolute Gasteiger partial charge is 0.252 e. The van der Waals surface area contributed by atoms with E-state index in [0.717, 1.165) is 15.6 Å². The first kappa shape index (κ1) is 14.1. The van der Waals surface area contributed by atoms with Gasteiger partial charge in [-0.25, -0.2) is 8.42 Å². The number of likely N-dealkylation sites (N-methyl/N-ethyl adjacent to an activating group) is 1. The van der Waals surface area contributed by atoms with E-state index in [1.165, 1.54) is 33.0 Å². The molecular weight excluding hydrogens is 260 g/mol. The topological polar surface area (TPSA) is 81.4 Å². The third kappa shape index (κ3) is 3.51. The molecule has 0 atom stereocenters. The minimum absolute atomic E-state index is 0.00484. The Kier molecular flexibility index (Phi) is 3.94. The van der Waals surface area contributed by atoms with Crippen molar-refractivity contribution in [3.63, 3.8) is 0 Å². The Labute approximate surface area is 105 Å². The van der Waals surface area contributed by atoms with Gasteiger partial charge in [0.25, 0.3) is 10.0 Å². The van der Waals surface area contributed by atoms with Crippen molar-refractivity contribution in [1.82, 2.24) is 4.31 Å². The second-order valence-corrected chi connectivity index (χ2v) is 7.66. The predicted molar refractivity (Wildman–Crippen MR) is 65.1 cm³/mol. The van der Waals surface area contributed by atoms with E-state index in [9.17, 15) is 13.5 Å². The van der Waals surface area contributed by atoms with Crippen molar-refractivity contribution in [2.24, 2.45) is 0 Å². The van der Waals surface area contributed by atoms with E-state index >= 15 is 0 Å². The molecule has 7 heteroatoms. The van der Waals surface area contributed by atoms with E-state index in [1.54, 1.807) is 0 Å². The number of rotatable bonds is 4. The Morgan fingerprint density at radius 2 is 2.12 bits per heavy atom. The second-order valence-electron chi connectivity index (χ2n) is 4.30. The summed E-state index contributed by atoms with van der Waals surface area (Å²) in [7, 11) is -2.22. The maximum atomic E-state index is 12.1. The van der Waals surface area contributed by atoms with E-state index in [4.69, 9.17) is 5.26 Å². The molecule has 1 aromatic heterocycles. The van der Waals surface area contributed by atoms with Gasteiger partial charge in [-0.1, -0.05) is 0 Å². The average molecular weight is 274 g/mol. The molecule has 0 unspecified atom stereocenters. The van der Waals surface area contributed by atoms with Gasteiger partial charge in [-0.05, 0) is 26.0 Å². The van der Waals surface area contributed by atoms with Crippen LogP contribution in [0.1, 0.15) is 18.7 Å². The minimum Gasteiger partial charge on any atom is -0.389 e. The molecule has 0 aliphatic heterocycles. The molecule has 0 amide bonds.